The maximum absolute atomic E-state index is 12.4. The third kappa shape index (κ3) is 3.10. The molecule has 2 heterocycles. The highest BCUT2D eigenvalue weighted by Crippen LogP contribution is 2.34. The summed E-state index contributed by atoms with van der Waals surface area (Å²) in [5, 5.41) is 3.29. The average Bonchev–Trinajstić information content (AvgIpc) is 2.70. The van der Waals surface area contributed by atoms with Crippen LogP contribution in [0.1, 0.15) is 19.3 Å². The molecule has 1 atom stereocenters. The Hall–Kier alpha value is -0.290. The molecule has 1 unspecified atom stereocenters. The van der Waals surface area contributed by atoms with E-state index in [2.05, 4.69) is 10.2 Å². The third-order valence-electron chi connectivity index (χ3n) is 3.73. The molecule has 2 nitrogen and oxygen atoms in total. The van der Waals surface area contributed by atoms with Gasteiger partial charge >= 0.3 is 6.18 Å². The van der Waals surface area contributed by atoms with E-state index in [-0.39, 0.29) is 12.8 Å². The van der Waals surface area contributed by atoms with Crippen LogP contribution in [0.15, 0.2) is 0 Å². The predicted octanol–water partition coefficient (Wildman–Crippen LogP) is 1.87. The van der Waals surface area contributed by atoms with Gasteiger partial charge in [-0.25, -0.2) is 0 Å². The summed E-state index contributed by atoms with van der Waals surface area (Å²) in [5.74, 6) is -0.423. The van der Waals surface area contributed by atoms with Gasteiger partial charge < -0.3 is 10.2 Å². The molecule has 1 N–H and O–H groups in total. The van der Waals surface area contributed by atoms with E-state index in [0.29, 0.717) is 19.0 Å². The fourth-order valence-corrected chi connectivity index (χ4v) is 2.68. The first-order valence-electron chi connectivity index (χ1n) is 6.05. The van der Waals surface area contributed by atoms with Crippen molar-refractivity contribution in [2.24, 2.45) is 11.8 Å². The molecular formula is C11H19F3N2. The molecule has 0 amide bonds. The molecule has 0 radical (unpaired) electrons. The summed E-state index contributed by atoms with van der Waals surface area (Å²) < 4.78 is 37.3. The number of hydrogen-bond acceptors (Lipinski definition) is 2. The SMILES string of the molecule is FC(F)(F)C1CCN(CC2CCNC2)CC1. The second-order valence-corrected chi connectivity index (χ2v) is 4.98. The van der Waals surface area contributed by atoms with E-state index in [4.69, 9.17) is 0 Å². The van der Waals surface area contributed by atoms with Crippen molar-refractivity contribution < 1.29 is 13.2 Å². The maximum Gasteiger partial charge on any atom is 0.391 e. The molecule has 2 rings (SSSR count). The highest BCUT2D eigenvalue weighted by atomic mass is 19.4. The number of piperidine rings is 1. The quantitative estimate of drug-likeness (QED) is 0.787. The first-order chi connectivity index (χ1) is 7.55. The van der Waals surface area contributed by atoms with Crippen LogP contribution < -0.4 is 5.32 Å². The zero-order valence-electron chi connectivity index (χ0n) is 9.39. The number of nitrogens with zero attached hydrogens (tertiary/aromatic N) is 1. The van der Waals surface area contributed by atoms with E-state index < -0.39 is 12.1 Å². The average molecular weight is 236 g/mol. The van der Waals surface area contributed by atoms with Crippen LogP contribution in [0.5, 0.6) is 0 Å². The summed E-state index contributed by atoms with van der Waals surface area (Å²) >= 11 is 0. The third-order valence-corrected chi connectivity index (χ3v) is 3.73. The highest BCUT2D eigenvalue weighted by Gasteiger charge is 2.41. The summed E-state index contributed by atoms with van der Waals surface area (Å²) in [4.78, 5) is 2.19. The Balaban J connectivity index is 1.72. The molecule has 2 fully saturated rings. The number of hydrogen-bond donors (Lipinski definition) is 1. The van der Waals surface area contributed by atoms with Crippen LogP contribution in [-0.4, -0.2) is 43.8 Å². The minimum Gasteiger partial charge on any atom is -0.316 e. The van der Waals surface area contributed by atoms with Crippen LogP contribution in [0.25, 0.3) is 0 Å². The molecule has 5 heteroatoms. The van der Waals surface area contributed by atoms with Crippen molar-refractivity contribution in [1.29, 1.82) is 0 Å². The van der Waals surface area contributed by atoms with Crippen molar-refractivity contribution in [3.63, 3.8) is 0 Å². The van der Waals surface area contributed by atoms with Gasteiger partial charge in [-0.3, -0.25) is 0 Å². The second kappa shape index (κ2) is 4.92. The Morgan fingerprint density at radius 3 is 2.31 bits per heavy atom. The summed E-state index contributed by atoms with van der Waals surface area (Å²) in [6, 6.07) is 0. The van der Waals surface area contributed by atoms with Gasteiger partial charge in [-0.1, -0.05) is 0 Å². The van der Waals surface area contributed by atoms with E-state index in [1.54, 1.807) is 0 Å². The Bertz CT molecular complexity index is 216. The molecule has 16 heavy (non-hydrogen) atoms. The Labute approximate surface area is 94.2 Å². The molecule has 2 aliphatic rings. The fraction of sp³-hybridized carbons (Fsp3) is 1.00. The van der Waals surface area contributed by atoms with Crippen molar-refractivity contribution in [2.75, 3.05) is 32.7 Å². The Morgan fingerprint density at radius 2 is 1.81 bits per heavy atom. The molecule has 0 aromatic carbocycles. The summed E-state index contributed by atoms with van der Waals surface area (Å²) in [7, 11) is 0. The normalized spacial score (nSPS) is 29.8. The van der Waals surface area contributed by atoms with Crippen molar-refractivity contribution >= 4 is 0 Å². The number of rotatable bonds is 2. The van der Waals surface area contributed by atoms with Crippen molar-refractivity contribution in [3.8, 4) is 0 Å². The van der Waals surface area contributed by atoms with Crippen LogP contribution >= 0.6 is 0 Å². The summed E-state index contributed by atoms with van der Waals surface area (Å²) in [5.41, 5.74) is 0. The van der Waals surface area contributed by atoms with Gasteiger partial charge in [0, 0.05) is 6.54 Å². The van der Waals surface area contributed by atoms with Crippen LogP contribution in [0.4, 0.5) is 13.2 Å². The van der Waals surface area contributed by atoms with Crippen LogP contribution in [-0.2, 0) is 0 Å². The lowest BCUT2D eigenvalue weighted by Crippen LogP contribution is -2.41. The number of alkyl halides is 3. The monoisotopic (exact) mass is 236 g/mol. The highest BCUT2D eigenvalue weighted by molar-refractivity contribution is 4.80. The van der Waals surface area contributed by atoms with Gasteiger partial charge in [0.25, 0.3) is 0 Å². The Kier molecular flexibility index (Phi) is 3.74. The number of halogens is 3. The zero-order valence-corrected chi connectivity index (χ0v) is 9.39. The molecule has 0 spiro atoms. The molecular weight excluding hydrogens is 217 g/mol. The lowest BCUT2D eigenvalue weighted by atomic mass is 9.95. The largest absolute Gasteiger partial charge is 0.391 e. The Morgan fingerprint density at radius 1 is 1.12 bits per heavy atom. The predicted molar refractivity (Wildman–Crippen MR) is 56.2 cm³/mol. The van der Waals surface area contributed by atoms with E-state index in [9.17, 15) is 13.2 Å². The topological polar surface area (TPSA) is 15.3 Å². The molecule has 0 aliphatic carbocycles. The van der Waals surface area contributed by atoms with Crippen molar-refractivity contribution in [1.82, 2.24) is 10.2 Å². The smallest absolute Gasteiger partial charge is 0.316 e. The van der Waals surface area contributed by atoms with Gasteiger partial charge in [-0.15, -0.1) is 0 Å². The number of nitrogens with one attached hydrogen (secondary N) is 1. The summed E-state index contributed by atoms with van der Waals surface area (Å²) in [6.45, 7) is 4.28. The number of likely N-dealkylation sites (tertiary alicyclic amines) is 1. The maximum atomic E-state index is 12.4. The lowest BCUT2D eigenvalue weighted by Gasteiger charge is -2.34. The molecule has 0 saturated carbocycles. The van der Waals surface area contributed by atoms with Gasteiger partial charge in [0.1, 0.15) is 0 Å². The summed E-state index contributed by atoms with van der Waals surface area (Å²) in [6.07, 6.45) is -2.26. The lowest BCUT2D eigenvalue weighted by molar-refractivity contribution is -0.185. The first kappa shape index (κ1) is 12.2. The van der Waals surface area contributed by atoms with Gasteiger partial charge in [0.05, 0.1) is 5.92 Å². The molecule has 94 valence electrons. The van der Waals surface area contributed by atoms with Crippen LogP contribution in [0, 0.1) is 11.8 Å². The molecule has 2 aliphatic heterocycles. The van der Waals surface area contributed by atoms with E-state index in [0.717, 1.165) is 19.6 Å². The van der Waals surface area contributed by atoms with Gasteiger partial charge in [0.15, 0.2) is 0 Å². The zero-order chi connectivity index (χ0) is 11.6. The van der Waals surface area contributed by atoms with E-state index in [1.165, 1.54) is 6.42 Å². The molecule has 0 aromatic heterocycles. The van der Waals surface area contributed by atoms with Gasteiger partial charge in [0.2, 0.25) is 0 Å². The van der Waals surface area contributed by atoms with Crippen LogP contribution in [0.3, 0.4) is 0 Å². The minimum atomic E-state index is -3.99. The molecule has 0 aromatic rings. The molecule has 0 bridgehead atoms. The van der Waals surface area contributed by atoms with E-state index >= 15 is 0 Å². The van der Waals surface area contributed by atoms with E-state index in [1.807, 2.05) is 0 Å². The van der Waals surface area contributed by atoms with Crippen LogP contribution in [0.2, 0.25) is 0 Å². The first-order valence-corrected chi connectivity index (χ1v) is 6.05. The second-order valence-electron chi connectivity index (χ2n) is 4.98. The molecule has 2 saturated heterocycles. The van der Waals surface area contributed by atoms with Gasteiger partial charge in [-0.05, 0) is 51.4 Å². The van der Waals surface area contributed by atoms with Crippen molar-refractivity contribution in [2.45, 2.75) is 25.4 Å². The fourth-order valence-electron chi connectivity index (χ4n) is 2.68. The van der Waals surface area contributed by atoms with Gasteiger partial charge in [-0.2, -0.15) is 13.2 Å². The minimum absolute atomic E-state index is 0.281. The standard InChI is InChI=1S/C11H19F3N2/c12-11(13,14)10-2-5-16(6-3-10)8-9-1-4-15-7-9/h9-10,15H,1-8H2. The van der Waals surface area contributed by atoms with Crippen molar-refractivity contribution in [3.05, 3.63) is 0 Å².